The van der Waals surface area contributed by atoms with Gasteiger partial charge in [-0.15, -0.1) is 0 Å². The van der Waals surface area contributed by atoms with Crippen LogP contribution >= 0.6 is 11.6 Å². The summed E-state index contributed by atoms with van der Waals surface area (Å²) in [6, 6.07) is 15.7. The Morgan fingerprint density at radius 2 is 1.30 bits per heavy atom. The normalized spacial score (nSPS) is 8.50. The van der Waals surface area contributed by atoms with Crippen molar-refractivity contribution in [2.24, 2.45) is 0 Å². The Balaban J connectivity index is 0.000000151. The molecule has 3 aromatic heterocycles. The van der Waals surface area contributed by atoms with E-state index in [1.165, 1.54) is 12.3 Å². The summed E-state index contributed by atoms with van der Waals surface area (Å²) in [4.78, 5) is 10.8. The molecule has 20 heavy (non-hydrogen) atoms. The summed E-state index contributed by atoms with van der Waals surface area (Å²) in [6.45, 7) is 0. The Morgan fingerprint density at radius 3 is 1.50 bits per heavy atom. The molecular weight excluding hydrogens is 277 g/mol. The molecule has 0 atom stereocenters. The zero-order valence-corrected chi connectivity index (χ0v) is 11.4. The fourth-order valence-corrected chi connectivity index (χ4v) is 1.13. The predicted molar refractivity (Wildman–Crippen MR) is 77.7 cm³/mol. The van der Waals surface area contributed by atoms with Crippen LogP contribution in [0, 0.1) is 5.95 Å². The van der Waals surface area contributed by atoms with E-state index >= 15 is 0 Å². The lowest BCUT2D eigenvalue weighted by molar-refractivity contribution is 0.584. The second-order valence-electron chi connectivity index (χ2n) is 3.33. The summed E-state index contributed by atoms with van der Waals surface area (Å²) in [5.41, 5.74) is 0. The number of pyridine rings is 3. The van der Waals surface area contributed by atoms with Gasteiger partial charge in [-0.1, -0.05) is 29.8 Å². The number of hydrogen-bond donors (Lipinski definition) is 0. The maximum atomic E-state index is 11.8. The van der Waals surface area contributed by atoms with Crippen LogP contribution in [0.15, 0.2) is 79.4 Å². The summed E-state index contributed by atoms with van der Waals surface area (Å²) >= 11 is 5.43. The third kappa shape index (κ3) is 8.72. The van der Waals surface area contributed by atoms with Gasteiger partial charge in [0.15, 0.2) is 0 Å². The Labute approximate surface area is 122 Å². The number of nitrogens with zero attached hydrogens (tertiary/aromatic N) is 3. The highest BCUT2D eigenvalue weighted by Crippen LogP contribution is 1.98. The van der Waals surface area contributed by atoms with Crippen molar-refractivity contribution in [3.8, 4) is 0 Å². The third-order valence-corrected chi connectivity index (χ3v) is 2.05. The van der Waals surface area contributed by atoms with E-state index in [2.05, 4.69) is 15.0 Å². The third-order valence-electron chi connectivity index (χ3n) is 1.82. The van der Waals surface area contributed by atoms with Crippen molar-refractivity contribution in [1.82, 2.24) is 15.0 Å². The highest BCUT2D eigenvalue weighted by molar-refractivity contribution is 6.29. The molecule has 3 rings (SSSR count). The second-order valence-corrected chi connectivity index (χ2v) is 3.72. The van der Waals surface area contributed by atoms with E-state index in [4.69, 9.17) is 11.6 Å². The topological polar surface area (TPSA) is 38.7 Å². The molecular formula is C15H13ClFN3. The van der Waals surface area contributed by atoms with E-state index < -0.39 is 5.95 Å². The van der Waals surface area contributed by atoms with Crippen molar-refractivity contribution in [2.75, 3.05) is 0 Å². The average molecular weight is 290 g/mol. The molecule has 102 valence electrons. The standard InChI is InChI=1S/C5H4ClN.C5H4FN.C5H5N/c2*6-5-3-1-2-4-7-5;1-2-4-6-5-3-1/h2*1-4H;1-5H. The zero-order chi connectivity index (χ0) is 14.5. The molecule has 0 fully saturated rings. The van der Waals surface area contributed by atoms with Crippen LogP contribution in [0.2, 0.25) is 5.15 Å². The first kappa shape index (κ1) is 15.7. The van der Waals surface area contributed by atoms with Crippen LogP contribution in [-0.2, 0) is 0 Å². The molecule has 5 heteroatoms. The Bertz CT molecular complexity index is 486. The summed E-state index contributed by atoms with van der Waals surface area (Å²) in [7, 11) is 0. The maximum Gasteiger partial charge on any atom is 0.212 e. The quantitative estimate of drug-likeness (QED) is 0.586. The van der Waals surface area contributed by atoms with Gasteiger partial charge in [0.2, 0.25) is 5.95 Å². The lowest BCUT2D eigenvalue weighted by Gasteiger charge is -1.79. The average Bonchev–Trinajstić information content (AvgIpc) is 2.52. The number of halogens is 2. The van der Waals surface area contributed by atoms with E-state index in [0.29, 0.717) is 5.15 Å². The van der Waals surface area contributed by atoms with Gasteiger partial charge in [-0.3, -0.25) is 4.98 Å². The van der Waals surface area contributed by atoms with Crippen molar-refractivity contribution < 1.29 is 4.39 Å². The molecule has 0 aliphatic heterocycles. The molecule has 3 heterocycles. The Hall–Kier alpha value is -2.33. The minimum Gasteiger partial charge on any atom is -0.265 e. The number of rotatable bonds is 0. The smallest absolute Gasteiger partial charge is 0.212 e. The lowest BCUT2D eigenvalue weighted by atomic mass is 10.5. The minimum atomic E-state index is -0.428. The number of hydrogen-bond acceptors (Lipinski definition) is 3. The van der Waals surface area contributed by atoms with Gasteiger partial charge in [-0.25, -0.2) is 9.97 Å². The molecule has 3 nitrogen and oxygen atoms in total. The number of aromatic nitrogens is 3. The van der Waals surface area contributed by atoms with Crippen molar-refractivity contribution in [3.05, 3.63) is 90.5 Å². The van der Waals surface area contributed by atoms with E-state index in [0.717, 1.165) is 0 Å². The second kappa shape index (κ2) is 10.6. The minimum absolute atomic E-state index is 0.428. The molecule has 0 spiro atoms. The lowest BCUT2D eigenvalue weighted by Crippen LogP contribution is -1.73. The van der Waals surface area contributed by atoms with Crippen LogP contribution < -0.4 is 0 Å². The van der Waals surface area contributed by atoms with Crippen molar-refractivity contribution >= 4 is 11.6 Å². The van der Waals surface area contributed by atoms with Crippen LogP contribution in [0.5, 0.6) is 0 Å². The van der Waals surface area contributed by atoms with Gasteiger partial charge >= 0.3 is 0 Å². The molecule has 0 saturated heterocycles. The van der Waals surface area contributed by atoms with E-state index in [-0.39, 0.29) is 0 Å². The van der Waals surface area contributed by atoms with Gasteiger partial charge in [-0.05, 0) is 36.4 Å². The molecule has 0 bridgehead atoms. The first-order chi connectivity index (χ1) is 9.79. The molecule has 0 aliphatic carbocycles. The fourth-order valence-electron chi connectivity index (χ4n) is 0.996. The van der Waals surface area contributed by atoms with Gasteiger partial charge in [0.1, 0.15) is 5.15 Å². The largest absolute Gasteiger partial charge is 0.265 e. The molecule has 0 aromatic carbocycles. The van der Waals surface area contributed by atoms with Crippen LogP contribution in [0.3, 0.4) is 0 Å². The molecule has 0 unspecified atom stereocenters. The maximum absolute atomic E-state index is 11.8. The molecule has 0 amide bonds. The van der Waals surface area contributed by atoms with E-state index in [1.807, 2.05) is 30.3 Å². The summed E-state index contributed by atoms with van der Waals surface area (Å²) < 4.78 is 11.8. The molecule has 0 radical (unpaired) electrons. The monoisotopic (exact) mass is 289 g/mol. The van der Waals surface area contributed by atoms with Crippen LogP contribution in [0.4, 0.5) is 4.39 Å². The summed E-state index contributed by atoms with van der Waals surface area (Å²) in [6.07, 6.45) is 6.57. The zero-order valence-electron chi connectivity index (χ0n) is 10.6. The Kier molecular flexibility index (Phi) is 8.32. The molecule has 0 aliphatic rings. The highest BCUT2D eigenvalue weighted by Gasteiger charge is 1.78. The van der Waals surface area contributed by atoms with Gasteiger partial charge in [0.25, 0.3) is 0 Å². The molecule has 0 saturated carbocycles. The Morgan fingerprint density at radius 1 is 0.700 bits per heavy atom. The first-order valence-electron chi connectivity index (χ1n) is 5.77. The van der Waals surface area contributed by atoms with Gasteiger partial charge in [0.05, 0.1) is 0 Å². The van der Waals surface area contributed by atoms with Crippen LogP contribution in [-0.4, -0.2) is 15.0 Å². The van der Waals surface area contributed by atoms with Gasteiger partial charge < -0.3 is 0 Å². The van der Waals surface area contributed by atoms with E-state index in [9.17, 15) is 4.39 Å². The van der Waals surface area contributed by atoms with Crippen molar-refractivity contribution in [2.45, 2.75) is 0 Å². The van der Waals surface area contributed by atoms with Crippen LogP contribution in [0.1, 0.15) is 0 Å². The van der Waals surface area contributed by atoms with Crippen molar-refractivity contribution in [3.63, 3.8) is 0 Å². The van der Waals surface area contributed by atoms with Gasteiger partial charge in [0, 0.05) is 24.8 Å². The SMILES string of the molecule is Clc1ccccn1.Fc1ccccn1.c1ccncc1. The van der Waals surface area contributed by atoms with Crippen molar-refractivity contribution in [1.29, 1.82) is 0 Å². The first-order valence-corrected chi connectivity index (χ1v) is 6.15. The predicted octanol–water partition coefficient (Wildman–Crippen LogP) is 4.04. The highest BCUT2D eigenvalue weighted by atomic mass is 35.5. The fraction of sp³-hybridized carbons (Fsp3) is 0. The molecule has 0 N–H and O–H groups in total. The van der Waals surface area contributed by atoms with E-state index in [1.54, 1.807) is 36.8 Å². The summed E-state index contributed by atoms with van der Waals surface area (Å²) in [5.74, 6) is -0.428. The van der Waals surface area contributed by atoms with Gasteiger partial charge in [-0.2, -0.15) is 4.39 Å². The molecule has 3 aromatic rings. The summed E-state index contributed by atoms with van der Waals surface area (Å²) in [5, 5.41) is 0.544. The van der Waals surface area contributed by atoms with Crippen LogP contribution in [0.25, 0.3) is 0 Å².